The van der Waals surface area contributed by atoms with E-state index < -0.39 is 23.2 Å². The van der Waals surface area contributed by atoms with Crippen LogP contribution in [-0.4, -0.2) is 31.6 Å². The number of rotatable bonds is 5. The van der Waals surface area contributed by atoms with Crippen LogP contribution in [0.4, 0.5) is 8.78 Å². The van der Waals surface area contributed by atoms with Gasteiger partial charge in [0.2, 0.25) is 0 Å². The molecule has 108 valence electrons. The van der Waals surface area contributed by atoms with Crippen LogP contribution in [-0.2, 0) is 12.1 Å². The summed E-state index contributed by atoms with van der Waals surface area (Å²) < 4.78 is 28.6. The molecule has 2 unspecified atom stereocenters. The Hall–Kier alpha value is -1.86. The Bertz CT molecular complexity index is 577. The zero-order valence-electron chi connectivity index (χ0n) is 10.9. The second-order valence-corrected chi connectivity index (χ2v) is 4.73. The van der Waals surface area contributed by atoms with E-state index in [4.69, 9.17) is 0 Å². The summed E-state index contributed by atoms with van der Waals surface area (Å²) in [5.74, 6) is -2.12. The van der Waals surface area contributed by atoms with Gasteiger partial charge in [0.25, 0.3) is 0 Å². The molecule has 20 heavy (non-hydrogen) atoms. The molecule has 0 aliphatic heterocycles. The molecule has 0 saturated heterocycles. The van der Waals surface area contributed by atoms with Crippen molar-refractivity contribution in [3.05, 3.63) is 48.1 Å². The summed E-state index contributed by atoms with van der Waals surface area (Å²) >= 11 is 0. The molecule has 2 aromatic rings. The van der Waals surface area contributed by atoms with Gasteiger partial charge in [-0.05, 0) is 18.2 Å². The van der Waals surface area contributed by atoms with Crippen molar-refractivity contribution in [2.45, 2.75) is 19.1 Å². The third kappa shape index (κ3) is 2.68. The smallest absolute Gasteiger partial charge is 0.137 e. The number of hydrogen-bond donors (Lipinski definition) is 2. The molecule has 0 amide bonds. The highest BCUT2D eigenvalue weighted by molar-refractivity contribution is 5.26. The maximum Gasteiger partial charge on any atom is 0.137 e. The monoisotopic (exact) mass is 283 g/mol. The Kier molecular flexibility index (Phi) is 4.10. The van der Waals surface area contributed by atoms with Gasteiger partial charge >= 0.3 is 0 Å². The van der Waals surface area contributed by atoms with E-state index in [0.29, 0.717) is 0 Å². The molecular formula is C13H15F2N3O2. The first kappa shape index (κ1) is 14.5. The first-order valence-electron chi connectivity index (χ1n) is 6.08. The number of aliphatic hydroxyl groups excluding tert-OH is 1. The zero-order chi connectivity index (χ0) is 14.8. The van der Waals surface area contributed by atoms with Crippen molar-refractivity contribution in [2.24, 2.45) is 5.92 Å². The Balaban J connectivity index is 2.48. The average molecular weight is 283 g/mol. The van der Waals surface area contributed by atoms with Gasteiger partial charge in [-0.25, -0.2) is 18.4 Å². The molecule has 2 atom stereocenters. The van der Waals surface area contributed by atoms with Crippen molar-refractivity contribution < 1.29 is 19.0 Å². The van der Waals surface area contributed by atoms with Crippen LogP contribution in [0.2, 0.25) is 0 Å². The first-order chi connectivity index (χ1) is 9.47. The number of halogens is 2. The van der Waals surface area contributed by atoms with E-state index >= 15 is 0 Å². The van der Waals surface area contributed by atoms with Gasteiger partial charge in [-0.1, -0.05) is 6.92 Å². The largest absolute Gasteiger partial charge is 0.396 e. The van der Waals surface area contributed by atoms with E-state index in [1.807, 2.05) is 0 Å². The number of aromatic nitrogens is 3. The predicted molar refractivity (Wildman–Crippen MR) is 66.5 cm³/mol. The SMILES string of the molecule is CC(CO)C(O)(Cn1cncn1)c1cc(F)ccc1F. The molecule has 0 bridgehead atoms. The average Bonchev–Trinajstić information content (AvgIpc) is 2.93. The van der Waals surface area contributed by atoms with Crippen LogP contribution < -0.4 is 0 Å². The van der Waals surface area contributed by atoms with E-state index in [-0.39, 0.29) is 18.7 Å². The Morgan fingerprint density at radius 3 is 2.75 bits per heavy atom. The standard InChI is InChI=1S/C13H15F2N3O2/c1-9(5-19)13(20,6-18-8-16-7-17-18)11-4-10(14)2-3-12(11)15/h2-4,7-9,19-20H,5-6H2,1H3. The van der Waals surface area contributed by atoms with Gasteiger partial charge in [0.15, 0.2) is 0 Å². The molecule has 0 spiro atoms. The Morgan fingerprint density at radius 2 is 2.15 bits per heavy atom. The molecule has 0 aliphatic carbocycles. The van der Waals surface area contributed by atoms with Gasteiger partial charge in [-0.2, -0.15) is 5.10 Å². The minimum Gasteiger partial charge on any atom is -0.396 e. The molecule has 5 nitrogen and oxygen atoms in total. The molecule has 1 aromatic heterocycles. The predicted octanol–water partition coefficient (Wildman–Crippen LogP) is 1.07. The molecule has 0 aliphatic rings. The topological polar surface area (TPSA) is 71.2 Å². The maximum atomic E-state index is 13.9. The normalized spacial score (nSPS) is 15.8. The van der Waals surface area contributed by atoms with E-state index in [0.717, 1.165) is 18.2 Å². The van der Waals surface area contributed by atoms with Gasteiger partial charge in [0, 0.05) is 18.1 Å². The van der Waals surface area contributed by atoms with Crippen LogP contribution in [0.25, 0.3) is 0 Å². The second-order valence-electron chi connectivity index (χ2n) is 4.73. The number of hydrogen-bond acceptors (Lipinski definition) is 4. The molecule has 0 fully saturated rings. The fourth-order valence-corrected chi connectivity index (χ4v) is 2.05. The molecule has 1 heterocycles. The van der Waals surface area contributed by atoms with Crippen LogP contribution >= 0.6 is 0 Å². The lowest BCUT2D eigenvalue weighted by Gasteiger charge is -2.33. The molecule has 0 radical (unpaired) electrons. The van der Waals surface area contributed by atoms with E-state index in [9.17, 15) is 19.0 Å². The lowest BCUT2D eigenvalue weighted by molar-refractivity contribution is -0.0567. The summed E-state index contributed by atoms with van der Waals surface area (Å²) in [6, 6.07) is 2.85. The van der Waals surface area contributed by atoms with Gasteiger partial charge < -0.3 is 10.2 Å². The fraction of sp³-hybridized carbons (Fsp3) is 0.385. The van der Waals surface area contributed by atoms with Gasteiger partial charge in [-0.3, -0.25) is 0 Å². The first-order valence-corrected chi connectivity index (χ1v) is 6.08. The minimum atomic E-state index is -1.80. The summed E-state index contributed by atoms with van der Waals surface area (Å²) in [6.45, 7) is 1.01. The Morgan fingerprint density at radius 1 is 1.40 bits per heavy atom. The second kappa shape index (κ2) is 5.64. The number of aliphatic hydroxyl groups is 2. The molecule has 0 saturated carbocycles. The van der Waals surface area contributed by atoms with Gasteiger partial charge in [0.05, 0.1) is 6.54 Å². The van der Waals surface area contributed by atoms with E-state index in [1.54, 1.807) is 6.92 Å². The van der Waals surface area contributed by atoms with Crippen molar-refractivity contribution in [3.63, 3.8) is 0 Å². The highest BCUT2D eigenvalue weighted by Crippen LogP contribution is 2.33. The van der Waals surface area contributed by atoms with Crippen LogP contribution in [0.5, 0.6) is 0 Å². The van der Waals surface area contributed by atoms with Gasteiger partial charge in [-0.15, -0.1) is 0 Å². The molecule has 7 heteroatoms. The third-order valence-electron chi connectivity index (χ3n) is 3.35. The molecule has 1 aromatic carbocycles. The summed E-state index contributed by atoms with van der Waals surface area (Å²) in [5.41, 5.74) is -2.01. The minimum absolute atomic E-state index is 0.144. The third-order valence-corrected chi connectivity index (χ3v) is 3.35. The lowest BCUT2D eigenvalue weighted by Crippen LogP contribution is -2.41. The summed E-state index contributed by atoms with van der Waals surface area (Å²) in [5, 5.41) is 23.9. The Labute approximate surface area is 114 Å². The van der Waals surface area contributed by atoms with Gasteiger partial charge in [0.1, 0.15) is 29.9 Å². The number of benzene rings is 1. The van der Waals surface area contributed by atoms with Crippen LogP contribution in [0, 0.1) is 17.6 Å². The number of nitrogens with zero attached hydrogens (tertiary/aromatic N) is 3. The van der Waals surface area contributed by atoms with Crippen molar-refractivity contribution in [3.8, 4) is 0 Å². The van der Waals surface area contributed by atoms with E-state index in [2.05, 4.69) is 10.1 Å². The van der Waals surface area contributed by atoms with Crippen molar-refractivity contribution in [2.75, 3.05) is 6.61 Å². The highest BCUT2D eigenvalue weighted by Gasteiger charge is 2.38. The lowest BCUT2D eigenvalue weighted by atomic mass is 9.82. The highest BCUT2D eigenvalue weighted by atomic mass is 19.1. The fourth-order valence-electron chi connectivity index (χ4n) is 2.05. The van der Waals surface area contributed by atoms with Crippen molar-refractivity contribution in [1.29, 1.82) is 0 Å². The summed E-state index contributed by atoms with van der Waals surface area (Å²) in [4.78, 5) is 3.74. The van der Waals surface area contributed by atoms with Crippen LogP contribution in [0.15, 0.2) is 30.9 Å². The molecule has 2 N–H and O–H groups in total. The maximum absolute atomic E-state index is 13.9. The van der Waals surface area contributed by atoms with Crippen LogP contribution in [0.1, 0.15) is 12.5 Å². The van der Waals surface area contributed by atoms with Crippen molar-refractivity contribution >= 4 is 0 Å². The summed E-state index contributed by atoms with van der Waals surface area (Å²) in [7, 11) is 0. The zero-order valence-corrected chi connectivity index (χ0v) is 10.9. The summed E-state index contributed by atoms with van der Waals surface area (Å²) in [6.07, 6.45) is 2.62. The van der Waals surface area contributed by atoms with E-state index in [1.165, 1.54) is 17.3 Å². The molecular weight excluding hydrogens is 268 g/mol. The van der Waals surface area contributed by atoms with Crippen LogP contribution in [0.3, 0.4) is 0 Å². The van der Waals surface area contributed by atoms with Crippen molar-refractivity contribution in [1.82, 2.24) is 14.8 Å². The quantitative estimate of drug-likeness (QED) is 0.861. The molecule has 2 rings (SSSR count).